The van der Waals surface area contributed by atoms with Crippen LogP contribution in [-0.4, -0.2) is 30.3 Å². The second-order valence-corrected chi connectivity index (χ2v) is 11.4. The molecule has 42 heavy (non-hydrogen) atoms. The number of halogens is 2. The van der Waals surface area contributed by atoms with Gasteiger partial charge in [-0.05, 0) is 52.6 Å². The van der Waals surface area contributed by atoms with E-state index >= 15 is 0 Å². The van der Waals surface area contributed by atoms with Gasteiger partial charge in [0.25, 0.3) is 5.91 Å². The molecule has 1 N–H and O–H groups in total. The largest absolute Gasteiger partial charge is 0.452 e. The van der Waals surface area contributed by atoms with E-state index in [4.69, 9.17) is 27.9 Å². The van der Waals surface area contributed by atoms with Gasteiger partial charge in [0.15, 0.2) is 6.61 Å². The number of para-hydroxylation sites is 1. The number of nitrogens with zero attached hydrogens (tertiary/aromatic N) is 1. The van der Waals surface area contributed by atoms with Crippen LogP contribution in [0.3, 0.4) is 0 Å². The molecule has 0 aromatic heterocycles. The van der Waals surface area contributed by atoms with E-state index in [9.17, 15) is 19.2 Å². The van der Waals surface area contributed by atoms with Crippen LogP contribution in [-0.2, 0) is 19.1 Å². The summed E-state index contributed by atoms with van der Waals surface area (Å²) in [6.45, 7) is -0.603. The maximum Gasteiger partial charge on any atom is 0.340 e. The first-order chi connectivity index (χ1) is 20.3. The molecule has 4 aromatic rings. The minimum atomic E-state index is -0.840. The Hall–Kier alpha value is -4.46. The van der Waals surface area contributed by atoms with E-state index in [1.807, 2.05) is 48.5 Å². The summed E-state index contributed by atoms with van der Waals surface area (Å²) in [5.74, 6) is -3.87. The van der Waals surface area contributed by atoms with Gasteiger partial charge in [-0.2, -0.15) is 0 Å². The van der Waals surface area contributed by atoms with Gasteiger partial charge in [0, 0.05) is 16.9 Å². The van der Waals surface area contributed by atoms with E-state index in [0.717, 1.165) is 27.2 Å². The van der Waals surface area contributed by atoms with Gasteiger partial charge in [-0.3, -0.25) is 14.4 Å². The molecule has 0 spiro atoms. The molecule has 1 heterocycles. The first kappa shape index (κ1) is 26.4. The number of carbonyl (C=O) groups is 4. The predicted molar refractivity (Wildman–Crippen MR) is 158 cm³/mol. The average molecular weight is 597 g/mol. The molecule has 1 aliphatic heterocycles. The molecule has 9 heteroatoms. The number of rotatable bonds is 5. The van der Waals surface area contributed by atoms with E-state index in [1.165, 1.54) is 18.2 Å². The highest BCUT2D eigenvalue weighted by Crippen LogP contribution is 2.61. The quantitative estimate of drug-likeness (QED) is 0.219. The molecule has 4 aliphatic rings. The third kappa shape index (κ3) is 4.03. The van der Waals surface area contributed by atoms with Crippen molar-refractivity contribution in [3.05, 3.63) is 129 Å². The Labute approximate surface area is 251 Å². The summed E-state index contributed by atoms with van der Waals surface area (Å²) in [6, 6.07) is 26.8. The van der Waals surface area contributed by atoms with Crippen LogP contribution in [0.2, 0.25) is 10.0 Å². The van der Waals surface area contributed by atoms with E-state index < -0.39 is 30.3 Å². The molecule has 1 fully saturated rings. The minimum Gasteiger partial charge on any atom is -0.452 e. The molecule has 4 aromatic carbocycles. The van der Waals surface area contributed by atoms with Gasteiger partial charge in [0.05, 0.1) is 33.8 Å². The molecule has 3 amide bonds. The SMILES string of the molecule is O=C(COC(=O)c1ccccc1N1C(=O)[C@@H]2C3c4ccccc4C(c4ccccc43)[C@@H]2C1=O)Nc1ccc(Cl)cc1Cl. The first-order valence-electron chi connectivity index (χ1n) is 13.4. The van der Waals surface area contributed by atoms with Crippen LogP contribution >= 0.6 is 23.2 Å². The second-order valence-electron chi connectivity index (χ2n) is 10.5. The number of benzene rings is 4. The third-order valence-electron chi connectivity index (χ3n) is 8.35. The smallest absolute Gasteiger partial charge is 0.340 e. The molecular weight excluding hydrogens is 575 g/mol. The summed E-state index contributed by atoms with van der Waals surface area (Å²) < 4.78 is 5.30. The molecular formula is C33H22Cl2N2O5. The molecule has 2 atom stereocenters. The molecule has 0 unspecified atom stereocenters. The van der Waals surface area contributed by atoms with Crippen LogP contribution in [0.5, 0.6) is 0 Å². The Bertz CT molecular complexity index is 1710. The Balaban J connectivity index is 1.17. The van der Waals surface area contributed by atoms with E-state index in [0.29, 0.717) is 10.7 Å². The van der Waals surface area contributed by atoms with Gasteiger partial charge in [0.1, 0.15) is 0 Å². The van der Waals surface area contributed by atoms with Crippen molar-refractivity contribution in [3.63, 3.8) is 0 Å². The summed E-state index contributed by atoms with van der Waals surface area (Å²) in [5.41, 5.74) is 4.71. The first-order valence-corrected chi connectivity index (χ1v) is 14.2. The van der Waals surface area contributed by atoms with Crippen LogP contribution in [0.15, 0.2) is 91.0 Å². The summed E-state index contributed by atoms with van der Waals surface area (Å²) in [5, 5.41) is 3.21. The van der Waals surface area contributed by atoms with Crippen molar-refractivity contribution in [1.82, 2.24) is 0 Å². The Morgan fingerprint density at radius 3 is 1.81 bits per heavy atom. The highest BCUT2D eigenvalue weighted by molar-refractivity contribution is 6.36. The fourth-order valence-electron chi connectivity index (χ4n) is 6.74. The zero-order chi connectivity index (χ0) is 29.1. The molecule has 7 nitrogen and oxygen atoms in total. The summed E-state index contributed by atoms with van der Waals surface area (Å²) in [4.78, 5) is 55.1. The predicted octanol–water partition coefficient (Wildman–Crippen LogP) is 6.19. The van der Waals surface area contributed by atoms with Crippen molar-refractivity contribution in [1.29, 1.82) is 0 Å². The normalized spacial score (nSPS) is 21.4. The van der Waals surface area contributed by atoms with Crippen molar-refractivity contribution in [2.45, 2.75) is 11.8 Å². The fourth-order valence-corrected chi connectivity index (χ4v) is 7.20. The Kier molecular flexibility index (Phi) is 6.37. The third-order valence-corrected chi connectivity index (χ3v) is 8.90. The zero-order valence-electron chi connectivity index (χ0n) is 21.9. The second kappa shape index (κ2) is 10.1. The van der Waals surface area contributed by atoms with Crippen LogP contribution in [0.1, 0.15) is 44.4 Å². The number of esters is 1. The summed E-state index contributed by atoms with van der Waals surface area (Å²) in [6.07, 6.45) is 0. The number of anilines is 2. The lowest BCUT2D eigenvalue weighted by atomic mass is 9.55. The molecule has 2 bridgehead atoms. The molecule has 8 rings (SSSR count). The van der Waals surface area contributed by atoms with Gasteiger partial charge < -0.3 is 10.1 Å². The van der Waals surface area contributed by atoms with Gasteiger partial charge >= 0.3 is 5.97 Å². The van der Waals surface area contributed by atoms with Crippen molar-refractivity contribution >= 4 is 58.3 Å². The molecule has 0 radical (unpaired) electrons. The highest BCUT2D eigenvalue weighted by Gasteiger charge is 2.62. The lowest BCUT2D eigenvalue weighted by Gasteiger charge is -2.45. The molecule has 0 saturated carbocycles. The highest BCUT2D eigenvalue weighted by atomic mass is 35.5. The van der Waals surface area contributed by atoms with Crippen molar-refractivity contribution in [3.8, 4) is 0 Å². The number of nitrogens with one attached hydrogen (secondary N) is 1. The fraction of sp³-hybridized carbons (Fsp3) is 0.152. The Morgan fingerprint density at radius 1 is 0.738 bits per heavy atom. The van der Waals surface area contributed by atoms with Crippen molar-refractivity contribution in [2.75, 3.05) is 16.8 Å². The molecule has 208 valence electrons. The monoisotopic (exact) mass is 596 g/mol. The summed E-state index contributed by atoms with van der Waals surface area (Å²) in [7, 11) is 0. The number of carbonyl (C=O) groups excluding carboxylic acids is 4. The van der Waals surface area contributed by atoms with E-state index in [-0.39, 0.29) is 39.9 Å². The van der Waals surface area contributed by atoms with Gasteiger partial charge in [-0.25, -0.2) is 9.69 Å². The zero-order valence-corrected chi connectivity index (χ0v) is 23.4. The van der Waals surface area contributed by atoms with Crippen molar-refractivity contribution < 1.29 is 23.9 Å². The van der Waals surface area contributed by atoms with Gasteiger partial charge in [-0.15, -0.1) is 0 Å². The maximum absolute atomic E-state index is 14.1. The van der Waals surface area contributed by atoms with Crippen molar-refractivity contribution in [2.24, 2.45) is 11.8 Å². The van der Waals surface area contributed by atoms with Crippen LogP contribution < -0.4 is 10.2 Å². The minimum absolute atomic E-state index is 0.0116. The number of hydrogen-bond donors (Lipinski definition) is 1. The lowest BCUT2D eigenvalue weighted by Crippen LogP contribution is -2.41. The van der Waals surface area contributed by atoms with Crippen LogP contribution in [0, 0.1) is 11.8 Å². The van der Waals surface area contributed by atoms with Gasteiger partial charge in [0.2, 0.25) is 11.8 Å². The number of ether oxygens (including phenoxy) is 1. The number of amides is 3. The standard InChI is InChI=1S/C33H22Cl2N2O5/c34-17-13-14-24(23(35)15-17)36-26(38)16-42-33(41)22-11-5-6-12-25(22)37-31(39)29-27-18-7-1-2-8-19(18)28(30(29)32(37)40)21-10-4-3-9-20(21)27/h1-15,27-30H,16H2,(H,36,38)/t27?,28?,29-,30+. The number of hydrogen-bond acceptors (Lipinski definition) is 5. The molecule has 1 saturated heterocycles. The van der Waals surface area contributed by atoms with E-state index in [2.05, 4.69) is 5.32 Å². The van der Waals surface area contributed by atoms with Crippen LogP contribution in [0.25, 0.3) is 0 Å². The van der Waals surface area contributed by atoms with Crippen LogP contribution in [0.4, 0.5) is 11.4 Å². The molecule has 3 aliphatic carbocycles. The lowest BCUT2D eigenvalue weighted by molar-refractivity contribution is -0.122. The Morgan fingerprint density at radius 2 is 1.26 bits per heavy atom. The number of imide groups is 1. The summed E-state index contributed by atoms with van der Waals surface area (Å²) >= 11 is 12.0. The average Bonchev–Trinajstić information content (AvgIpc) is 3.27. The van der Waals surface area contributed by atoms with Gasteiger partial charge in [-0.1, -0.05) is 83.9 Å². The van der Waals surface area contributed by atoms with E-state index in [1.54, 1.807) is 24.3 Å². The maximum atomic E-state index is 14.1. The topological polar surface area (TPSA) is 92.8 Å².